The first-order valence-electron chi connectivity index (χ1n) is 9.86. The third-order valence-electron chi connectivity index (χ3n) is 4.61. The van der Waals surface area contributed by atoms with Crippen molar-refractivity contribution in [2.24, 2.45) is 0 Å². The van der Waals surface area contributed by atoms with Gasteiger partial charge in [0.15, 0.2) is 0 Å². The van der Waals surface area contributed by atoms with Gasteiger partial charge in [-0.2, -0.15) is 4.98 Å². The van der Waals surface area contributed by atoms with E-state index in [1.165, 1.54) is 0 Å². The molecular formula is C21H28N4O4. The molecule has 0 N–H and O–H groups in total. The lowest BCUT2D eigenvalue weighted by molar-refractivity contribution is -0.133. The molecule has 0 atom stereocenters. The van der Waals surface area contributed by atoms with Crippen LogP contribution in [0.25, 0.3) is 11.4 Å². The van der Waals surface area contributed by atoms with Gasteiger partial charge in [-0.25, -0.2) is 4.79 Å². The first-order valence-corrected chi connectivity index (χ1v) is 9.86. The fourth-order valence-corrected chi connectivity index (χ4v) is 3.01. The number of hydrogen-bond acceptors (Lipinski definition) is 6. The minimum absolute atomic E-state index is 0.0175. The molecule has 1 aromatic heterocycles. The maximum Gasteiger partial charge on any atom is 0.410 e. The number of carbonyl (C=O) groups excluding carboxylic acids is 2. The Hall–Kier alpha value is -2.90. The number of amides is 2. The van der Waals surface area contributed by atoms with Crippen molar-refractivity contribution in [1.29, 1.82) is 0 Å². The summed E-state index contributed by atoms with van der Waals surface area (Å²) in [4.78, 5) is 32.4. The van der Waals surface area contributed by atoms with E-state index in [0.717, 1.165) is 11.1 Å². The number of benzene rings is 1. The molecule has 29 heavy (non-hydrogen) atoms. The highest BCUT2D eigenvalue weighted by atomic mass is 16.6. The van der Waals surface area contributed by atoms with Gasteiger partial charge in [0.2, 0.25) is 17.6 Å². The highest BCUT2D eigenvalue weighted by Gasteiger charge is 2.27. The van der Waals surface area contributed by atoms with Crippen LogP contribution in [0.15, 0.2) is 28.8 Å². The molecule has 1 aliphatic heterocycles. The minimum Gasteiger partial charge on any atom is -0.444 e. The molecule has 2 amide bonds. The molecule has 156 valence electrons. The van der Waals surface area contributed by atoms with Crippen LogP contribution in [0.3, 0.4) is 0 Å². The van der Waals surface area contributed by atoms with Crippen molar-refractivity contribution in [2.45, 2.75) is 46.1 Å². The molecule has 0 bridgehead atoms. The van der Waals surface area contributed by atoms with Crippen LogP contribution in [0.5, 0.6) is 0 Å². The van der Waals surface area contributed by atoms with E-state index in [9.17, 15) is 9.59 Å². The summed E-state index contributed by atoms with van der Waals surface area (Å²) in [7, 11) is 0. The number of aromatic nitrogens is 2. The maximum atomic E-state index is 12.5. The minimum atomic E-state index is -0.522. The Labute approximate surface area is 170 Å². The summed E-state index contributed by atoms with van der Waals surface area (Å²) in [6, 6.07) is 7.87. The summed E-state index contributed by atoms with van der Waals surface area (Å²) < 4.78 is 10.7. The first-order chi connectivity index (χ1) is 13.7. The van der Waals surface area contributed by atoms with Crippen molar-refractivity contribution in [2.75, 3.05) is 26.2 Å². The van der Waals surface area contributed by atoms with Crippen LogP contribution in [-0.2, 0) is 16.0 Å². The molecule has 1 saturated heterocycles. The smallest absolute Gasteiger partial charge is 0.410 e. The van der Waals surface area contributed by atoms with Gasteiger partial charge in [-0.15, -0.1) is 0 Å². The number of piperazine rings is 1. The standard InChI is InChI=1S/C21H28N4O4/c1-15-5-7-16(8-6-15)19-22-17(29-23-19)9-10-18(26)24-11-13-25(14-12-24)20(27)28-21(2,3)4/h5-8H,9-14H2,1-4H3. The summed E-state index contributed by atoms with van der Waals surface area (Å²) >= 11 is 0. The lowest BCUT2D eigenvalue weighted by Gasteiger charge is -2.35. The molecule has 0 radical (unpaired) electrons. The predicted molar refractivity (Wildman–Crippen MR) is 107 cm³/mol. The average Bonchev–Trinajstić information content (AvgIpc) is 3.14. The van der Waals surface area contributed by atoms with Crippen LogP contribution in [0.4, 0.5) is 4.79 Å². The Morgan fingerprint density at radius 2 is 1.69 bits per heavy atom. The van der Waals surface area contributed by atoms with Crippen molar-refractivity contribution < 1.29 is 18.8 Å². The topological polar surface area (TPSA) is 88.8 Å². The second-order valence-corrected chi connectivity index (χ2v) is 8.23. The van der Waals surface area contributed by atoms with Gasteiger partial charge in [0.25, 0.3) is 0 Å². The van der Waals surface area contributed by atoms with Gasteiger partial charge in [-0.3, -0.25) is 4.79 Å². The molecule has 1 fully saturated rings. The third kappa shape index (κ3) is 5.79. The molecule has 8 nitrogen and oxygen atoms in total. The molecule has 2 heterocycles. The zero-order chi connectivity index (χ0) is 21.0. The highest BCUT2D eigenvalue weighted by molar-refractivity contribution is 5.77. The zero-order valence-corrected chi connectivity index (χ0v) is 17.5. The maximum absolute atomic E-state index is 12.5. The van der Waals surface area contributed by atoms with Crippen LogP contribution in [-0.4, -0.2) is 63.7 Å². The fraction of sp³-hybridized carbons (Fsp3) is 0.524. The van der Waals surface area contributed by atoms with E-state index < -0.39 is 5.60 Å². The summed E-state index contributed by atoms with van der Waals surface area (Å²) in [5.74, 6) is 0.990. The highest BCUT2D eigenvalue weighted by Crippen LogP contribution is 2.17. The van der Waals surface area contributed by atoms with Crippen LogP contribution >= 0.6 is 0 Å². The zero-order valence-electron chi connectivity index (χ0n) is 17.5. The number of ether oxygens (including phenoxy) is 1. The Kier molecular flexibility index (Phi) is 6.20. The number of rotatable bonds is 4. The lowest BCUT2D eigenvalue weighted by atomic mass is 10.1. The van der Waals surface area contributed by atoms with E-state index >= 15 is 0 Å². The van der Waals surface area contributed by atoms with Crippen molar-refractivity contribution in [3.05, 3.63) is 35.7 Å². The van der Waals surface area contributed by atoms with Crippen molar-refractivity contribution in [3.8, 4) is 11.4 Å². The van der Waals surface area contributed by atoms with Crippen LogP contribution in [0.2, 0.25) is 0 Å². The SMILES string of the molecule is Cc1ccc(-c2noc(CCC(=O)N3CCN(C(=O)OC(C)(C)C)CC3)n2)cc1. The molecule has 0 saturated carbocycles. The van der Waals surface area contributed by atoms with Crippen molar-refractivity contribution in [3.63, 3.8) is 0 Å². The van der Waals surface area contributed by atoms with Gasteiger partial charge in [-0.05, 0) is 27.7 Å². The number of carbonyl (C=O) groups is 2. The molecule has 0 spiro atoms. The van der Waals surface area contributed by atoms with E-state index in [2.05, 4.69) is 10.1 Å². The summed E-state index contributed by atoms with van der Waals surface area (Å²) in [6.07, 6.45) is 0.352. The van der Waals surface area contributed by atoms with E-state index in [4.69, 9.17) is 9.26 Å². The first kappa shape index (κ1) is 20.8. The van der Waals surface area contributed by atoms with Crippen molar-refractivity contribution >= 4 is 12.0 Å². The van der Waals surface area contributed by atoms with Gasteiger partial charge in [-0.1, -0.05) is 35.0 Å². The summed E-state index contributed by atoms with van der Waals surface area (Å²) in [6.45, 7) is 9.47. The Morgan fingerprint density at radius 1 is 1.07 bits per heavy atom. The molecular weight excluding hydrogens is 372 g/mol. The van der Waals surface area contributed by atoms with Crippen molar-refractivity contribution in [1.82, 2.24) is 19.9 Å². The van der Waals surface area contributed by atoms with E-state index in [1.54, 1.807) is 9.80 Å². The van der Waals surface area contributed by atoms with Gasteiger partial charge >= 0.3 is 6.09 Å². The number of aryl methyl sites for hydroxylation is 2. The second kappa shape index (κ2) is 8.63. The van der Waals surface area contributed by atoms with Gasteiger partial charge in [0.1, 0.15) is 5.60 Å². The van der Waals surface area contributed by atoms with Gasteiger partial charge < -0.3 is 19.1 Å². The molecule has 1 aromatic carbocycles. The largest absolute Gasteiger partial charge is 0.444 e. The fourth-order valence-electron chi connectivity index (χ4n) is 3.01. The van der Waals surface area contributed by atoms with E-state index in [1.807, 2.05) is 52.0 Å². The van der Waals surface area contributed by atoms with Crippen LogP contribution in [0, 0.1) is 6.92 Å². The third-order valence-corrected chi connectivity index (χ3v) is 4.61. The second-order valence-electron chi connectivity index (χ2n) is 8.23. The predicted octanol–water partition coefficient (Wildman–Crippen LogP) is 3.06. The molecule has 3 rings (SSSR count). The summed E-state index contributed by atoms with van der Waals surface area (Å²) in [5.41, 5.74) is 1.52. The Morgan fingerprint density at radius 3 is 2.31 bits per heavy atom. The van der Waals surface area contributed by atoms with Gasteiger partial charge in [0.05, 0.1) is 0 Å². The molecule has 0 unspecified atom stereocenters. The van der Waals surface area contributed by atoms with Gasteiger partial charge in [0, 0.05) is 44.6 Å². The molecule has 0 aliphatic carbocycles. The number of nitrogens with zero attached hydrogens (tertiary/aromatic N) is 4. The van der Waals surface area contributed by atoms with Crippen LogP contribution in [0.1, 0.15) is 38.6 Å². The normalized spacial score (nSPS) is 14.8. The lowest BCUT2D eigenvalue weighted by Crippen LogP contribution is -2.51. The quantitative estimate of drug-likeness (QED) is 0.784. The van der Waals surface area contributed by atoms with Crippen LogP contribution < -0.4 is 0 Å². The van der Waals surface area contributed by atoms with E-state index in [0.29, 0.717) is 50.7 Å². The Bertz CT molecular complexity index is 846. The average molecular weight is 400 g/mol. The molecule has 1 aliphatic rings. The number of hydrogen-bond donors (Lipinski definition) is 0. The summed E-state index contributed by atoms with van der Waals surface area (Å²) in [5, 5.41) is 4.00. The molecule has 8 heteroatoms. The molecule has 2 aromatic rings. The Balaban J connectivity index is 1.46. The monoisotopic (exact) mass is 400 g/mol. The van der Waals surface area contributed by atoms with E-state index in [-0.39, 0.29) is 12.0 Å².